The summed E-state index contributed by atoms with van der Waals surface area (Å²) in [6.07, 6.45) is 0. The zero-order valence-corrected chi connectivity index (χ0v) is 17.0. The molecule has 0 aliphatic rings. The van der Waals surface area contributed by atoms with Crippen molar-refractivity contribution in [3.05, 3.63) is 85.9 Å². The number of nitrogens with zero attached hydrogens (tertiary/aromatic N) is 3. The van der Waals surface area contributed by atoms with Crippen molar-refractivity contribution in [2.75, 3.05) is 0 Å². The molecule has 0 saturated heterocycles. The van der Waals surface area contributed by atoms with Crippen LogP contribution in [0.1, 0.15) is 21.9 Å². The van der Waals surface area contributed by atoms with E-state index in [4.69, 9.17) is 27.9 Å². The van der Waals surface area contributed by atoms with Crippen molar-refractivity contribution in [3.8, 4) is 5.69 Å². The lowest BCUT2D eigenvalue weighted by Gasteiger charge is -2.06. The summed E-state index contributed by atoms with van der Waals surface area (Å²) in [7, 11) is 0. The molecule has 2 aromatic heterocycles. The van der Waals surface area contributed by atoms with E-state index in [1.807, 2.05) is 0 Å². The Morgan fingerprint density at radius 2 is 1.93 bits per heavy atom. The minimum absolute atomic E-state index is 0.0239. The van der Waals surface area contributed by atoms with Crippen LogP contribution in [0.15, 0.2) is 47.3 Å². The predicted octanol–water partition coefficient (Wildman–Crippen LogP) is 4.22. The lowest BCUT2D eigenvalue weighted by atomic mass is 10.2. The first kappa shape index (κ1) is 20.1. The Morgan fingerprint density at radius 3 is 2.67 bits per heavy atom. The van der Waals surface area contributed by atoms with E-state index in [0.29, 0.717) is 27.3 Å². The van der Waals surface area contributed by atoms with Gasteiger partial charge in [-0.15, -0.1) is 0 Å². The molecular formula is C20H13Cl2FN4O3. The number of halogens is 3. The highest BCUT2D eigenvalue weighted by Crippen LogP contribution is 2.25. The molecule has 0 fully saturated rings. The third-order valence-corrected chi connectivity index (χ3v) is 4.92. The Morgan fingerprint density at radius 1 is 1.20 bits per heavy atom. The van der Waals surface area contributed by atoms with Crippen molar-refractivity contribution < 1.29 is 13.9 Å². The van der Waals surface area contributed by atoms with Gasteiger partial charge in [0.15, 0.2) is 0 Å². The van der Waals surface area contributed by atoms with E-state index in [1.165, 1.54) is 28.9 Å². The van der Waals surface area contributed by atoms with Gasteiger partial charge >= 0.3 is 5.97 Å². The van der Waals surface area contributed by atoms with Crippen LogP contribution < -0.4 is 5.56 Å². The molecule has 4 aromatic rings. The molecule has 0 aliphatic carbocycles. The number of rotatable bonds is 4. The summed E-state index contributed by atoms with van der Waals surface area (Å²) in [5, 5.41) is 5.05. The van der Waals surface area contributed by atoms with E-state index in [2.05, 4.69) is 15.1 Å². The summed E-state index contributed by atoms with van der Waals surface area (Å²) < 4.78 is 19.7. The third-order valence-electron chi connectivity index (χ3n) is 4.34. The van der Waals surface area contributed by atoms with Crippen LogP contribution in [0.4, 0.5) is 4.39 Å². The minimum atomic E-state index is -0.736. The fourth-order valence-electron chi connectivity index (χ4n) is 2.92. The Balaban J connectivity index is 1.58. The molecule has 1 N–H and O–H groups in total. The van der Waals surface area contributed by atoms with Crippen LogP contribution >= 0.6 is 23.2 Å². The van der Waals surface area contributed by atoms with Gasteiger partial charge in [0.05, 0.1) is 22.3 Å². The Kier molecular flexibility index (Phi) is 5.27. The number of carbonyl (C=O) groups excluding carboxylic acids is 1. The lowest BCUT2D eigenvalue weighted by molar-refractivity contribution is 0.0461. The summed E-state index contributed by atoms with van der Waals surface area (Å²) in [4.78, 5) is 31.6. The number of hydrogen-bond acceptors (Lipinski definition) is 5. The molecule has 0 radical (unpaired) electrons. The predicted molar refractivity (Wildman–Crippen MR) is 110 cm³/mol. The van der Waals surface area contributed by atoms with Gasteiger partial charge in [-0.1, -0.05) is 23.2 Å². The van der Waals surface area contributed by atoms with Crippen LogP contribution in [0.5, 0.6) is 0 Å². The van der Waals surface area contributed by atoms with Crippen molar-refractivity contribution in [2.45, 2.75) is 13.5 Å². The fourth-order valence-corrected chi connectivity index (χ4v) is 3.44. The van der Waals surface area contributed by atoms with Crippen molar-refractivity contribution in [1.82, 2.24) is 19.7 Å². The number of esters is 1. The van der Waals surface area contributed by atoms with Crippen LogP contribution in [0.3, 0.4) is 0 Å². The summed E-state index contributed by atoms with van der Waals surface area (Å²) in [6, 6.07) is 10.2. The van der Waals surface area contributed by atoms with E-state index in [0.717, 1.165) is 0 Å². The number of nitrogens with one attached hydrogen (secondary N) is 1. The van der Waals surface area contributed by atoms with Crippen LogP contribution in [-0.2, 0) is 11.3 Å². The highest BCUT2D eigenvalue weighted by molar-refractivity contribution is 6.33. The summed E-state index contributed by atoms with van der Waals surface area (Å²) >= 11 is 12.3. The van der Waals surface area contributed by atoms with Gasteiger partial charge in [-0.2, -0.15) is 5.10 Å². The van der Waals surface area contributed by atoms with Gasteiger partial charge in [-0.05, 0) is 49.4 Å². The number of H-pyrrole nitrogens is 1. The Labute approximate surface area is 179 Å². The number of aryl methyl sites for hydroxylation is 1. The number of aromatic nitrogens is 4. The van der Waals surface area contributed by atoms with Crippen LogP contribution in [0, 0.1) is 12.7 Å². The minimum Gasteiger partial charge on any atom is -0.454 e. The largest absolute Gasteiger partial charge is 0.454 e. The highest BCUT2D eigenvalue weighted by Gasteiger charge is 2.23. The molecule has 4 rings (SSSR count). The first-order valence-corrected chi connectivity index (χ1v) is 9.45. The normalized spacial score (nSPS) is 11.1. The summed E-state index contributed by atoms with van der Waals surface area (Å²) in [5.74, 6) is -0.987. The SMILES string of the molecule is Cc1nn(-c2ccc(F)cc2)c(Cl)c1C(=O)OCc1nc2cc(Cl)ccc2c(=O)[nH]1. The molecule has 0 amide bonds. The van der Waals surface area contributed by atoms with Crippen molar-refractivity contribution in [2.24, 2.45) is 0 Å². The van der Waals surface area contributed by atoms with Crippen molar-refractivity contribution in [3.63, 3.8) is 0 Å². The van der Waals surface area contributed by atoms with E-state index in [9.17, 15) is 14.0 Å². The molecule has 2 heterocycles. The first-order valence-electron chi connectivity index (χ1n) is 8.70. The maximum Gasteiger partial charge on any atom is 0.343 e. The average Bonchev–Trinajstić information content (AvgIpc) is 3.00. The molecule has 0 saturated carbocycles. The maximum absolute atomic E-state index is 13.2. The van der Waals surface area contributed by atoms with Crippen molar-refractivity contribution in [1.29, 1.82) is 0 Å². The number of hydrogen-bond donors (Lipinski definition) is 1. The molecule has 0 atom stereocenters. The zero-order valence-electron chi connectivity index (χ0n) is 15.4. The molecule has 30 heavy (non-hydrogen) atoms. The second-order valence-electron chi connectivity index (χ2n) is 6.39. The van der Waals surface area contributed by atoms with E-state index >= 15 is 0 Å². The van der Waals surface area contributed by atoms with Gasteiger partial charge in [0.1, 0.15) is 29.0 Å². The monoisotopic (exact) mass is 446 g/mol. The Hall–Kier alpha value is -3.23. The number of ether oxygens (including phenoxy) is 1. The van der Waals surface area contributed by atoms with E-state index in [1.54, 1.807) is 25.1 Å². The molecule has 2 aromatic carbocycles. The van der Waals surface area contributed by atoms with Gasteiger partial charge in [0.2, 0.25) is 0 Å². The van der Waals surface area contributed by atoms with Crippen LogP contribution in [0.25, 0.3) is 16.6 Å². The maximum atomic E-state index is 13.2. The van der Waals surface area contributed by atoms with Crippen molar-refractivity contribution >= 4 is 40.1 Å². The van der Waals surface area contributed by atoms with Gasteiger partial charge < -0.3 is 9.72 Å². The molecule has 0 aliphatic heterocycles. The van der Waals surface area contributed by atoms with Gasteiger partial charge in [-0.25, -0.2) is 18.9 Å². The lowest BCUT2D eigenvalue weighted by Crippen LogP contribution is -2.15. The molecule has 152 valence electrons. The second kappa shape index (κ2) is 7.89. The number of aromatic amines is 1. The molecule has 0 spiro atoms. The molecule has 7 nitrogen and oxygen atoms in total. The third kappa shape index (κ3) is 3.79. The van der Waals surface area contributed by atoms with Crippen LogP contribution in [-0.4, -0.2) is 25.7 Å². The standard InChI is InChI=1S/C20H13Cl2FN4O3/c1-10-17(18(22)27(26-10)13-5-3-12(23)4-6-13)20(29)30-9-16-24-15-8-11(21)2-7-14(15)19(28)25-16/h2-8H,9H2,1H3,(H,24,25,28). The van der Waals surface area contributed by atoms with E-state index < -0.39 is 11.8 Å². The first-order chi connectivity index (χ1) is 14.3. The quantitative estimate of drug-likeness (QED) is 0.474. The molecule has 0 unspecified atom stereocenters. The number of carbonyl (C=O) groups is 1. The Bertz CT molecular complexity index is 1330. The molecule has 0 bridgehead atoms. The molecule has 10 heteroatoms. The number of fused-ring (bicyclic) bond motifs is 1. The topological polar surface area (TPSA) is 89.9 Å². The van der Waals surface area contributed by atoms with Gasteiger partial charge in [0.25, 0.3) is 5.56 Å². The van der Waals surface area contributed by atoms with Crippen LogP contribution in [0.2, 0.25) is 10.2 Å². The summed E-state index contributed by atoms with van der Waals surface area (Å²) in [5.41, 5.74) is 0.894. The van der Waals surface area contributed by atoms with E-state index in [-0.39, 0.29) is 28.7 Å². The average molecular weight is 447 g/mol. The second-order valence-corrected chi connectivity index (χ2v) is 7.18. The fraction of sp³-hybridized carbons (Fsp3) is 0.100. The summed E-state index contributed by atoms with van der Waals surface area (Å²) in [6.45, 7) is 1.31. The smallest absolute Gasteiger partial charge is 0.343 e. The zero-order chi connectivity index (χ0) is 21.4. The molecular weight excluding hydrogens is 434 g/mol. The van der Waals surface area contributed by atoms with Gasteiger partial charge in [0, 0.05) is 5.02 Å². The highest BCUT2D eigenvalue weighted by atomic mass is 35.5. The van der Waals surface area contributed by atoms with Gasteiger partial charge in [-0.3, -0.25) is 4.79 Å². The number of benzene rings is 2.